The molecule has 0 bridgehead atoms. The van der Waals surface area contributed by atoms with E-state index >= 15 is 0 Å². The molecule has 7 nitrogen and oxygen atoms in total. The van der Waals surface area contributed by atoms with Crippen LogP contribution in [0.25, 0.3) is 0 Å². The molecule has 0 saturated heterocycles. The number of carbonyl (C=O) groups is 3. The summed E-state index contributed by atoms with van der Waals surface area (Å²) in [5.41, 5.74) is 0.761. The number of benzene rings is 1. The van der Waals surface area contributed by atoms with Crippen LogP contribution in [0.2, 0.25) is 0 Å². The molecule has 2 amide bonds. The minimum atomic E-state index is -0.589. The zero-order valence-electron chi connectivity index (χ0n) is 14.0. The minimum absolute atomic E-state index is 0.0281. The Morgan fingerprint density at radius 3 is 2.17 bits per heavy atom. The zero-order valence-corrected chi connectivity index (χ0v) is 14.0. The Hall–Kier alpha value is -2.25. The van der Waals surface area contributed by atoms with Crippen LogP contribution in [0.4, 0.5) is 0 Å². The van der Waals surface area contributed by atoms with Gasteiger partial charge < -0.3 is 14.2 Å². The molecule has 1 heterocycles. The van der Waals surface area contributed by atoms with Gasteiger partial charge in [-0.3, -0.25) is 19.3 Å². The lowest BCUT2D eigenvalue weighted by Crippen LogP contribution is -2.40. The van der Waals surface area contributed by atoms with Crippen molar-refractivity contribution in [2.24, 2.45) is 0 Å². The fourth-order valence-electron chi connectivity index (χ4n) is 2.28. The first-order valence-electron chi connectivity index (χ1n) is 7.72. The van der Waals surface area contributed by atoms with E-state index in [0.29, 0.717) is 11.1 Å². The Morgan fingerprint density at radius 2 is 1.67 bits per heavy atom. The summed E-state index contributed by atoms with van der Waals surface area (Å²) in [5.74, 6) is -1.19. The molecule has 0 spiro atoms. The first kappa shape index (κ1) is 18.1. The minimum Gasteiger partial charge on any atom is -0.439 e. The Morgan fingerprint density at radius 1 is 1.08 bits per heavy atom. The maximum Gasteiger partial charge on any atom is 0.304 e. The zero-order chi connectivity index (χ0) is 17.7. The van der Waals surface area contributed by atoms with Crippen molar-refractivity contribution in [2.75, 3.05) is 19.9 Å². The largest absolute Gasteiger partial charge is 0.439 e. The summed E-state index contributed by atoms with van der Waals surface area (Å²) in [5, 5.41) is 0. The van der Waals surface area contributed by atoms with Crippen LogP contribution < -0.4 is 0 Å². The highest BCUT2D eigenvalue weighted by molar-refractivity contribution is 6.21. The Balaban J connectivity index is 2.04. The van der Waals surface area contributed by atoms with Crippen molar-refractivity contribution < 1.29 is 28.6 Å². The normalized spacial score (nSPS) is 14.9. The van der Waals surface area contributed by atoms with Crippen molar-refractivity contribution in [1.29, 1.82) is 0 Å². The van der Waals surface area contributed by atoms with Crippen LogP contribution in [0.1, 0.15) is 41.5 Å². The first-order chi connectivity index (χ1) is 11.4. The van der Waals surface area contributed by atoms with Crippen molar-refractivity contribution in [3.63, 3.8) is 0 Å². The van der Waals surface area contributed by atoms with E-state index in [-0.39, 0.29) is 37.9 Å². The van der Waals surface area contributed by atoms with Crippen molar-refractivity contribution in [2.45, 2.75) is 33.0 Å². The monoisotopic (exact) mass is 335 g/mol. The van der Waals surface area contributed by atoms with Gasteiger partial charge in [-0.15, -0.1) is 0 Å². The standard InChI is InChI=1S/C17H21NO6/c1-11(2)22-9-13(24-10-23-12(3)19)8-18-16(20)14-6-4-5-7-15(14)17(18)21/h4-7,11,13H,8-10H2,1-3H3. The molecule has 0 aliphatic carbocycles. The van der Waals surface area contributed by atoms with Gasteiger partial charge in [-0.2, -0.15) is 0 Å². The van der Waals surface area contributed by atoms with Crippen LogP contribution >= 0.6 is 0 Å². The molecule has 7 heteroatoms. The number of rotatable bonds is 8. The van der Waals surface area contributed by atoms with E-state index in [1.165, 1.54) is 6.92 Å². The summed E-state index contributed by atoms with van der Waals surface area (Å²) in [4.78, 5) is 36.7. The highest BCUT2D eigenvalue weighted by Crippen LogP contribution is 2.23. The number of nitrogens with zero attached hydrogens (tertiary/aromatic N) is 1. The summed E-state index contributed by atoms with van der Waals surface area (Å²) in [6.45, 7) is 4.95. The van der Waals surface area contributed by atoms with Crippen molar-refractivity contribution in [1.82, 2.24) is 4.90 Å². The second-order valence-electron chi connectivity index (χ2n) is 5.69. The molecule has 1 atom stereocenters. The van der Waals surface area contributed by atoms with Crippen LogP contribution in [-0.4, -0.2) is 54.8 Å². The second kappa shape index (κ2) is 8.03. The fourth-order valence-corrected chi connectivity index (χ4v) is 2.28. The smallest absolute Gasteiger partial charge is 0.304 e. The Bertz CT molecular complexity index is 592. The van der Waals surface area contributed by atoms with Crippen LogP contribution in [0, 0.1) is 0 Å². The lowest BCUT2D eigenvalue weighted by molar-refractivity contribution is -0.162. The van der Waals surface area contributed by atoms with E-state index in [1.807, 2.05) is 13.8 Å². The first-order valence-corrected chi connectivity index (χ1v) is 7.72. The molecule has 0 aromatic heterocycles. The third-order valence-corrected chi connectivity index (χ3v) is 3.45. The molecule has 2 rings (SSSR count). The Labute approximate surface area is 140 Å². The summed E-state index contributed by atoms with van der Waals surface area (Å²) in [7, 11) is 0. The van der Waals surface area contributed by atoms with E-state index in [1.54, 1.807) is 24.3 Å². The van der Waals surface area contributed by atoms with Crippen LogP contribution in [0.3, 0.4) is 0 Å². The quantitative estimate of drug-likeness (QED) is 0.408. The number of imide groups is 1. The molecular formula is C17H21NO6. The molecule has 1 aromatic carbocycles. The topological polar surface area (TPSA) is 82.1 Å². The van der Waals surface area contributed by atoms with Gasteiger partial charge in [-0.1, -0.05) is 12.1 Å². The highest BCUT2D eigenvalue weighted by atomic mass is 16.7. The number of ether oxygens (including phenoxy) is 3. The fraction of sp³-hybridized carbons (Fsp3) is 0.471. The predicted molar refractivity (Wildman–Crippen MR) is 84.4 cm³/mol. The summed E-state index contributed by atoms with van der Waals surface area (Å²) in [6, 6.07) is 6.66. The summed E-state index contributed by atoms with van der Waals surface area (Å²) >= 11 is 0. The predicted octanol–water partition coefficient (Wildman–Crippen LogP) is 1.61. The number of hydrogen-bond acceptors (Lipinski definition) is 6. The average Bonchev–Trinajstić information content (AvgIpc) is 2.77. The van der Waals surface area contributed by atoms with Gasteiger partial charge in [0.1, 0.15) is 6.10 Å². The van der Waals surface area contributed by atoms with Crippen LogP contribution in [-0.2, 0) is 19.0 Å². The molecule has 0 radical (unpaired) electrons. The molecule has 1 aliphatic rings. The van der Waals surface area contributed by atoms with Gasteiger partial charge >= 0.3 is 5.97 Å². The molecule has 24 heavy (non-hydrogen) atoms. The maximum absolute atomic E-state index is 12.4. The lowest BCUT2D eigenvalue weighted by atomic mass is 10.1. The average molecular weight is 335 g/mol. The van der Waals surface area contributed by atoms with Crippen molar-refractivity contribution in [3.8, 4) is 0 Å². The van der Waals surface area contributed by atoms with E-state index in [4.69, 9.17) is 14.2 Å². The van der Waals surface area contributed by atoms with E-state index < -0.39 is 12.1 Å². The number of fused-ring (bicyclic) bond motifs is 1. The van der Waals surface area contributed by atoms with Gasteiger partial charge in [0.2, 0.25) is 0 Å². The SMILES string of the molecule is CC(=O)OCOC(COC(C)C)CN1C(=O)c2ccccc2C1=O. The third-order valence-electron chi connectivity index (χ3n) is 3.45. The number of amides is 2. The van der Waals surface area contributed by atoms with Crippen molar-refractivity contribution in [3.05, 3.63) is 35.4 Å². The van der Waals surface area contributed by atoms with E-state index in [9.17, 15) is 14.4 Å². The third kappa shape index (κ3) is 4.39. The molecular weight excluding hydrogens is 314 g/mol. The summed E-state index contributed by atoms with van der Waals surface area (Å²) in [6.07, 6.45) is -0.624. The molecule has 1 aromatic rings. The molecule has 1 unspecified atom stereocenters. The Kier molecular flexibility index (Phi) is 6.05. The summed E-state index contributed by atoms with van der Waals surface area (Å²) < 4.78 is 15.7. The van der Waals surface area contributed by atoms with Gasteiger partial charge in [0, 0.05) is 6.92 Å². The number of esters is 1. The number of hydrogen-bond donors (Lipinski definition) is 0. The van der Waals surface area contributed by atoms with Gasteiger partial charge in [-0.25, -0.2) is 0 Å². The van der Waals surface area contributed by atoms with E-state index in [2.05, 4.69) is 0 Å². The van der Waals surface area contributed by atoms with Gasteiger partial charge in [-0.05, 0) is 26.0 Å². The van der Waals surface area contributed by atoms with Crippen LogP contribution in [0.5, 0.6) is 0 Å². The maximum atomic E-state index is 12.4. The molecule has 0 saturated carbocycles. The highest BCUT2D eigenvalue weighted by Gasteiger charge is 2.36. The molecule has 0 fully saturated rings. The molecule has 130 valence electrons. The lowest BCUT2D eigenvalue weighted by Gasteiger charge is -2.23. The van der Waals surface area contributed by atoms with Gasteiger partial charge in [0.05, 0.1) is 30.4 Å². The molecule has 1 aliphatic heterocycles. The van der Waals surface area contributed by atoms with Crippen molar-refractivity contribution >= 4 is 17.8 Å². The van der Waals surface area contributed by atoms with Gasteiger partial charge in [0.15, 0.2) is 6.79 Å². The molecule has 0 N–H and O–H groups in total. The second-order valence-corrected chi connectivity index (χ2v) is 5.69. The van der Waals surface area contributed by atoms with Crippen LogP contribution in [0.15, 0.2) is 24.3 Å². The number of carbonyl (C=O) groups excluding carboxylic acids is 3. The van der Waals surface area contributed by atoms with Gasteiger partial charge in [0.25, 0.3) is 11.8 Å². The van der Waals surface area contributed by atoms with E-state index in [0.717, 1.165) is 4.90 Å².